The van der Waals surface area contributed by atoms with E-state index >= 15 is 0 Å². The van der Waals surface area contributed by atoms with Gasteiger partial charge in [-0.25, -0.2) is 0 Å². The minimum Gasteiger partial charge on any atom is -0.427 e. The summed E-state index contributed by atoms with van der Waals surface area (Å²) in [7, 11) is 0. The molecule has 3 rings (SSSR count). The lowest BCUT2D eigenvalue weighted by Crippen LogP contribution is -2.37. The second kappa shape index (κ2) is 6.31. The van der Waals surface area contributed by atoms with Crippen molar-refractivity contribution in [3.8, 4) is 0 Å². The van der Waals surface area contributed by atoms with Gasteiger partial charge in [0.05, 0.1) is 19.3 Å². The van der Waals surface area contributed by atoms with Crippen LogP contribution < -0.4 is 10.4 Å². The monoisotopic (exact) mass is 277 g/mol. The van der Waals surface area contributed by atoms with E-state index in [1.54, 1.807) is 6.20 Å². The van der Waals surface area contributed by atoms with Gasteiger partial charge < -0.3 is 14.8 Å². The maximum absolute atomic E-state index is 9.94. The molecule has 1 aliphatic heterocycles. The molecule has 0 aromatic carbocycles. The van der Waals surface area contributed by atoms with Crippen LogP contribution in [0.4, 0.5) is 5.69 Å². The summed E-state index contributed by atoms with van der Waals surface area (Å²) in [6, 6.07) is 4.28. The van der Waals surface area contributed by atoms with Gasteiger partial charge in [0, 0.05) is 31.0 Å². The van der Waals surface area contributed by atoms with E-state index in [1.165, 1.54) is 19.3 Å². The van der Waals surface area contributed by atoms with Crippen LogP contribution in [-0.2, 0) is 4.74 Å². The first-order chi connectivity index (χ1) is 9.83. The molecule has 0 radical (unpaired) electrons. The van der Waals surface area contributed by atoms with Crippen LogP contribution in [0, 0.1) is 0 Å². The Hall–Kier alpha value is -1.49. The van der Waals surface area contributed by atoms with Crippen LogP contribution in [0.2, 0.25) is 0 Å². The highest BCUT2D eigenvalue weighted by Gasteiger charge is 2.14. The van der Waals surface area contributed by atoms with E-state index in [-0.39, 0.29) is 0 Å². The minimum atomic E-state index is 0.363. The van der Waals surface area contributed by atoms with Crippen molar-refractivity contribution in [2.75, 3.05) is 31.2 Å². The fourth-order valence-electron chi connectivity index (χ4n) is 2.98. The Morgan fingerprint density at radius 3 is 2.65 bits per heavy atom. The second-order valence-electron chi connectivity index (χ2n) is 5.61. The van der Waals surface area contributed by atoms with Crippen molar-refractivity contribution in [3.63, 3.8) is 0 Å². The molecule has 0 amide bonds. The number of anilines is 1. The maximum Gasteiger partial charge on any atom is 0.165 e. The SMILES string of the molecule is On1ccc(N2CCOCC2)cc1=NC1CCCCC1. The van der Waals surface area contributed by atoms with Gasteiger partial charge in [-0.1, -0.05) is 19.3 Å². The Morgan fingerprint density at radius 2 is 1.90 bits per heavy atom. The second-order valence-corrected chi connectivity index (χ2v) is 5.61. The largest absolute Gasteiger partial charge is 0.427 e. The van der Waals surface area contributed by atoms with Crippen LogP contribution >= 0.6 is 0 Å². The zero-order chi connectivity index (χ0) is 13.8. The summed E-state index contributed by atoms with van der Waals surface area (Å²) in [6.45, 7) is 3.34. The normalized spacial score (nSPS) is 22.2. The van der Waals surface area contributed by atoms with Crippen LogP contribution in [0.15, 0.2) is 23.3 Å². The number of hydrogen-bond donors (Lipinski definition) is 1. The molecule has 20 heavy (non-hydrogen) atoms. The molecule has 0 unspecified atom stereocenters. The Kier molecular flexibility index (Phi) is 4.25. The molecule has 5 nitrogen and oxygen atoms in total. The molecule has 0 bridgehead atoms. The third-order valence-corrected chi connectivity index (χ3v) is 4.16. The number of pyridine rings is 1. The van der Waals surface area contributed by atoms with Gasteiger partial charge in [-0.15, -0.1) is 0 Å². The Bertz CT molecular complexity index is 500. The zero-order valence-electron chi connectivity index (χ0n) is 11.9. The Morgan fingerprint density at radius 1 is 1.15 bits per heavy atom. The summed E-state index contributed by atoms with van der Waals surface area (Å²) in [5.41, 5.74) is 1.79. The van der Waals surface area contributed by atoms with Gasteiger partial charge in [0.2, 0.25) is 0 Å². The fourth-order valence-corrected chi connectivity index (χ4v) is 2.98. The van der Waals surface area contributed by atoms with Crippen LogP contribution in [0.3, 0.4) is 0 Å². The van der Waals surface area contributed by atoms with Crippen LogP contribution in [-0.4, -0.2) is 42.3 Å². The van der Waals surface area contributed by atoms with Crippen LogP contribution in [0.1, 0.15) is 32.1 Å². The fraction of sp³-hybridized carbons (Fsp3) is 0.667. The van der Waals surface area contributed by atoms with E-state index in [9.17, 15) is 5.21 Å². The summed E-state index contributed by atoms with van der Waals surface area (Å²) < 4.78 is 6.51. The first-order valence-electron chi connectivity index (χ1n) is 7.61. The van der Waals surface area contributed by atoms with Gasteiger partial charge in [-0.3, -0.25) is 4.99 Å². The molecule has 1 aromatic heterocycles. The molecule has 1 saturated heterocycles. The van der Waals surface area contributed by atoms with Crippen molar-refractivity contribution >= 4 is 5.69 Å². The third-order valence-electron chi connectivity index (χ3n) is 4.16. The van der Waals surface area contributed by atoms with Crippen molar-refractivity contribution in [2.24, 2.45) is 4.99 Å². The molecule has 0 spiro atoms. The zero-order valence-corrected chi connectivity index (χ0v) is 11.9. The molecule has 1 aromatic rings. The van der Waals surface area contributed by atoms with Crippen molar-refractivity contribution in [2.45, 2.75) is 38.1 Å². The van der Waals surface area contributed by atoms with E-state index in [0.717, 1.165) is 49.6 Å². The molecule has 110 valence electrons. The van der Waals surface area contributed by atoms with E-state index in [2.05, 4.69) is 4.90 Å². The first-order valence-corrected chi connectivity index (χ1v) is 7.61. The highest BCUT2D eigenvalue weighted by atomic mass is 16.5. The molecule has 1 aliphatic carbocycles. The number of aromatic nitrogens is 1. The lowest BCUT2D eigenvalue weighted by Gasteiger charge is -2.28. The van der Waals surface area contributed by atoms with Crippen molar-refractivity contribution < 1.29 is 9.94 Å². The molecular formula is C15H23N3O2. The number of ether oxygens (including phenoxy) is 1. The molecular weight excluding hydrogens is 254 g/mol. The van der Waals surface area contributed by atoms with Gasteiger partial charge in [0.1, 0.15) is 0 Å². The molecule has 2 heterocycles. The Balaban J connectivity index is 1.83. The average molecular weight is 277 g/mol. The summed E-state index contributed by atoms with van der Waals surface area (Å²) in [6.07, 6.45) is 7.79. The quantitative estimate of drug-likeness (QED) is 0.839. The summed E-state index contributed by atoms with van der Waals surface area (Å²) in [4.78, 5) is 7.01. The standard InChI is InChI=1S/C15H23N3O2/c19-18-7-6-14(17-8-10-20-11-9-17)12-15(18)16-13-4-2-1-3-5-13/h6-7,12-13,19H,1-5,8-11H2. The van der Waals surface area contributed by atoms with Gasteiger partial charge in [0.25, 0.3) is 0 Å². The summed E-state index contributed by atoms with van der Waals surface area (Å²) >= 11 is 0. The highest BCUT2D eigenvalue weighted by Crippen LogP contribution is 2.20. The minimum absolute atomic E-state index is 0.363. The lowest BCUT2D eigenvalue weighted by molar-refractivity contribution is 0.122. The third kappa shape index (κ3) is 3.15. The molecule has 5 heteroatoms. The topological polar surface area (TPSA) is 50.0 Å². The predicted molar refractivity (Wildman–Crippen MR) is 77.1 cm³/mol. The highest BCUT2D eigenvalue weighted by molar-refractivity contribution is 5.44. The van der Waals surface area contributed by atoms with Crippen LogP contribution in [0.5, 0.6) is 0 Å². The summed E-state index contributed by atoms with van der Waals surface area (Å²) in [5.74, 6) is 0. The number of rotatable bonds is 2. The van der Waals surface area contributed by atoms with Gasteiger partial charge in [-0.2, -0.15) is 4.73 Å². The number of hydrogen-bond acceptors (Lipinski definition) is 4. The maximum atomic E-state index is 9.94. The van der Waals surface area contributed by atoms with E-state index < -0.39 is 0 Å². The van der Waals surface area contributed by atoms with Gasteiger partial charge >= 0.3 is 0 Å². The molecule has 0 atom stereocenters. The average Bonchev–Trinajstić information content (AvgIpc) is 2.51. The number of morpholine rings is 1. The van der Waals surface area contributed by atoms with Crippen molar-refractivity contribution in [1.82, 2.24) is 4.73 Å². The summed E-state index contributed by atoms with van der Waals surface area (Å²) in [5, 5.41) is 9.94. The smallest absolute Gasteiger partial charge is 0.165 e. The van der Waals surface area contributed by atoms with E-state index in [1.807, 2.05) is 12.1 Å². The lowest BCUT2D eigenvalue weighted by atomic mass is 9.96. The van der Waals surface area contributed by atoms with Crippen LogP contribution in [0.25, 0.3) is 0 Å². The first kappa shape index (κ1) is 13.5. The van der Waals surface area contributed by atoms with E-state index in [4.69, 9.17) is 9.73 Å². The molecule has 1 N–H and O–H groups in total. The van der Waals surface area contributed by atoms with Gasteiger partial charge in [0.15, 0.2) is 5.49 Å². The molecule has 2 aliphatic rings. The Labute approximate surface area is 119 Å². The van der Waals surface area contributed by atoms with Crippen molar-refractivity contribution in [3.05, 3.63) is 23.8 Å². The van der Waals surface area contributed by atoms with E-state index in [0.29, 0.717) is 11.5 Å². The molecule has 1 saturated carbocycles. The molecule has 2 fully saturated rings. The van der Waals surface area contributed by atoms with Gasteiger partial charge in [-0.05, 0) is 18.9 Å². The number of nitrogens with zero attached hydrogens (tertiary/aromatic N) is 3. The van der Waals surface area contributed by atoms with Crippen molar-refractivity contribution in [1.29, 1.82) is 0 Å². The predicted octanol–water partition coefficient (Wildman–Crippen LogP) is 1.80.